The van der Waals surface area contributed by atoms with E-state index in [1.54, 1.807) is 0 Å². The van der Waals surface area contributed by atoms with Crippen molar-refractivity contribution in [2.75, 3.05) is 19.6 Å². The molecule has 5 heteroatoms. The first-order valence-electron chi connectivity index (χ1n) is 8.12. The molecule has 2 N–H and O–H groups in total. The van der Waals surface area contributed by atoms with Gasteiger partial charge in [-0.3, -0.25) is 4.79 Å². The highest BCUT2D eigenvalue weighted by Crippen LogP contribution is 2.26. The fourth-order valence-corrected chi connectivity index (χ4v) is 3.26. The summed E-state index contributed by atoms with van der Waals surface area (Å²) in [7, 11) is 0. The highest BCUT2D eigenvalue weighted by Gasteiger charge is 2.30. The molecule has 0 saturated carbocycles. The van der Waals surface area contributed by atoms with Crippen LogP contribution in [0.15, 0.2) is 30.3 Å². The van der Waals surface area contributed by atoms with E-state index in [4.69, 9.17) is 0 Å². The monoisotopic (exact) mass is 301 g/mol. The summed E-state index contributed by atoms with van der Waals surface area (Å²) in [5, 5.41) is 5.75. The molecule has 0 aromatic heterocycles. The second-order valence-corrected chi connectivity index (χ2v) is 6.13. The second-order valence-electron chi connectivity index (χ2n) is 6.13. The van der Waals surface area contributed by atoms with Crippen molar-refractivity contribution in [1.29, 1.82) is 0 Å². The van der Waals surface area contributed by atoms with Crippen LogP contribution in [-0.2, 0) is 4.79 Å². The molecule has 0 spiro atoms. The minimum absolute atomic E-state index is 0.0512. The molecule has 0 aliphatic carbocycles. The molecule has 118 valence electrons. The second kappa shape index (κ2) is 6.81. The van der Waals surface area contributed by atoms with Crippen LogP contribution in [0.5, 0.6) is 0 Å². The van der Waals surface area contributed by atoms with Gasteiger partial charge in [-0.05, 0) is 31.2 Å². The molecule has 0 bridgehead atoms. The fraction of sp³-hybridized carbons (Fsp3) is 0.529. The van der Waals surface area contributed by atoms with Gasteiger partial charge in [0.05, 0.1) is 0 Å². The Morgan fingerprint density at radius 2 is 2.00 bits per heavy atom. The molecular formula is C17H23N3O2. The van der Waals surface area contributed by atoms with Crippen molar-refractivity contribution in [3.05, 3.63) is 35.9 Å². The Bertz CT molecular complexity index is 532. The van der Waals surface area contributed by atoms with E-state index in [0.717, 1.165) is 38.8 Å². The summed E-state index contributed by atoms with van der Waals surface area (Å²) in [6, 6.07) is 9.82. The summed E-state index contributed by atoms with van der Waals surface area (Å²) in [6.45, 7) is 2.19. The molecule has 2 unspecified atom stereocenters. The zero-order valence-electron chi connectivity index (χ0n) is 12.8. The number of likely N-dealkylation sites (tertiary alicyclic amines) is 1. The van der Waals surface area contributed by atoms with Gasteiger partial charge in [-0.2, -0.15) is 0 Å². The number of urea groups is 1. The summed E-state index contributed by atoms with van der Waals surface area (Å²) >= 11 is 0. The van der Waals surface area contributed by atoms with Crippen molar-refractivity contribution < 1.29 is 9.59 Å². The smallest absolute Gasteiger partial charge is 0.318 e. The van der Waals surface area contributed by atoms with Gasteiger partial charge in [-0.25, -0.2) is 4.79 Å². The Labute approximate surface area is 131 Å². The molecule has 2 atom stereocenters. The van der Waals surface area contributed by atoms with Gasteiger partial charge in [0.1, 0.15) is 6.04 Å². The Morgan fingerprint density at radius 1 is 1.18 bits per heavy atom. The van der Waals surface area contributed by atoms with E-state index in [1.807, 2.05) is 23.1 Å². The SMILES string of the molecule is O=C1NCCCCC1NC(=O)N1CCC(c2ccccc2)C1. The van der Waals surface area contributed by atoms with Gasteiger partial charge in [-0.15, -0.1) is 0 Å². The van der Waals surface area contributed by atoms with Gasteiger partial charge in [0, 0.05) is 25.6 Å². The molecule has 3 amide bonds. The van der Waals surface area contributed by atoms with E-state index < -0.39 is 0 Å². The molecule has 22 heavy (non-hydrogen) atoms. The first-order chi connectivity index (χ1) is 10.7. The zero-order chi connectivity index (χ0) is 15.4. The molecule has 0 radical (unpaired) electrons. The van der Waals surface area contributed by atoms with E-state index in [0.29, 0.717) is 12.5 Å². The van der Waals surface area contributed by atoms with E-state index in [9.17, 15) is 9.59 Å². The topological polar surface area (TPSA) is 61.4 Å². The van der Waals surface area contributed by atoms with Gasteiger partial charge in [0.2, 0.25) is 5.91 Å². The molecule has 2 heterocycles. The first kappa shape index (κ1) is 14.9. The van der Waals surface area contributed by atoms with Crippen LogP contribution in [-0.4, -0.2) is 42.5 Å². The lowest BCUT2D eigenvalue weighted by molar-refractivity contribution is -0.122. The maximum atomic E-state index is 12.4. The lowest BCUT2D eigenvalue weighted by atomic mass is 9.99. The van der Waals surface area contributed by atoms with Crippen molar-refractivity contribution in [3.8, 4) is 0 Å². The molecule has 1 aromatic carbocycles. The normalized spacial score (nSPS) is 25.5. The zero-order valence-corrected chi connectivity index (χ0v) is 12.8. The highest BCUT2D eigenvalue weighted by atomic mass is 16.2. The average molecular weight is 301 g/mol. The Hall–Kier alpha value is -2.04. The van der Waals surface area contributed by atoms with E-state index in [2.05, 4.69) is 22.8 Å². The molecule has 2 aliphatic rings. The number of carbonyl (C=O) groups is 2. The number of benzene rings is 1. The molecule has 2 saturated heterocycles. The summed E-state index contributed by atoms with van der Waals surface area (Å²) in [5.41, 5.74) is 1.28. The Kier molecular flexibility index (Phi) is 4.61. The van der Waals surface area contributed by atoms with Gasteiger partial charge < -0.3 is 15.5 Å². The lowest BCUT2D eigenvalue weighted by Crippen LogP contribution is -2.49. The van der Waals surface area contributed by atoms with Gasteiger partial charge in [0.25, 0.3) is 0 Å². The van der Waals surface area contributed by atoms with Crippen molar-refractivity contribution in [1.82, 2.24) is 15.5 Å². The number of rotatable bonds is 2. The maximum absolute atomic E-state index is 12.4. The number of amides is 3. The maximum Gasteiger partial charge on any atom is 0.318 e. The predicted molar refractivity (Wildman–Crippen MR) is 84.6 cm³/mol. The number of nitrogens with zero attached hydrogens (tertiary/aromatic N) is 1. The Balaban J connectivity index is 1.56. The number of carbonyl (C=O) groups excluding carboxylic acids is 2. The average Bonchev–Trinajstić information content (AvgIpc) is 2.96. The summed E-state index contributed by atoms with van der Waals surface area (Å²) in [4.78, 5) is 26.1. The third kappa shape index (κ3) is 3.40. The quantitative estimate of drug-likeness (QED) is 0.876. The summed E-state index contributed by atoms with van der Waals surface area (Å²) in [5.74, 6) is 0.347. The third-order valence-corrected chi connectivity index (χ3v) is 4.58. The summed E-state index contributed by atoms with van der Waals surface area (Å²) < 4.78 is 0. The third-order valence-electron chi connectivity index (χ3n) is 4.58. The van der Waals surface area contributed by atoms with E-state index >= 15 is 0 Å². The van der Waals surface area contributed by atoms with Crippen LogP contribution in [0.2, 0.25) is 0 Å². The predicted octanol–water partition coefficient (Wildman–Crippen LogP) is 1.85. The molecular weight excluding hydrogens is 278 g/mol. The molecule has 1 aromatic rings. The molecule has 2 aliphatic heterocycles. The minimum atomic E-state index is -0.384. The van der Waals surface area contributed by atoms with E-state index in [1.165, 1.54) is 5.56 Å². The van der Waals surface area contributed by atoms with Crippen LogP contribution in [0.25, 0.3) is 0 Å². The molecule has 5 nitrogen and oxygen atoms in total. The Morgan fingerprint density at radius 3 is 2.82 bits per heavy atom. The van der Waals surface area contributed by atoms with E-state index in [-0.39, 0.29) is 18.0 Å². The van der Waals surface area contributed by atoms with Crippen LogP contribution in [0, 0.1) is 0 Å². The van der Waals surface area contributed by atoms with Crippen LogP contribution < -0.4 is 10.6 Å². The van der Waals surface area contributed by atoms with Crippen molar-refractivity contribution in [3.63, 3.8) is 0 Å². The summed E-state index contributed by atoms with van der Waals surface area (Å²) in [6.07, 6.45) is 3.66. The van der Waals surface area contributed by atoms with Crippen molar-refractivity contribution >= 4 is 11.9 Å². The van der Waals surface area contributed by atoms with Crippen molar-refractivity contribution in [2.45, 2.75) is 37.6 Å². The minimum Gasteiger partial charge on any atom is -0.354 e. The fourth-order valence-electron chi connectivity index (χ4n) is 3.26. The van der Waals surface area contributed by atoms with Crippen LogP contribution in [0.3, 0.4) is 0 Å². The van der Waals surface area contributed by atoms with Crippen molar-refractivity contribution in [2.24, 2.45) is 0 Å². The number of hydrogen-bond acceptors (Lipinski definition) is 2. The van der Waals surface area contributed by atoms with Crippen LogP contribution in [0.1, 0.15) is 37.2 Å². The molecule has 3 rings (SSSR count). The molecule has 2 fully saturated rings. The number of hydrogen-bond donors (Lipinski definition) is 2. The standard InChI is InChI=1S/C17H23N3O2/c21-16-15(8-4-5-10-18-16)19-17(22)20-11-9-14(12-20)13-6-2-1-3-7-13/h1-3,6-7,14-15H,4-5,8-12H2,(H,18,21)(H,19,22). The van der Waals surface area contributed by atoms with Gasteiger partial charge in [0.15, 0.2) is 0 Å². The first-order valence-corrected chi connectivity index (χ1v) is 8.12. The lowest BCUT2D eigenvalue weighted by Gasteiger charge is -2.21. The highest BCUT2D eigenvalue weighted by molar-refractivity contribution is 5.87. The van der Waals surface area contributed by atoms with Gasteiger partial charge in [-0.1, -0.05) is 30.3 Å². The van der Waals surface area contributed by atoms with Gasteiger partial charge >= 0.3 is 6.03 Å². The number of nitrogens with one attached hydrogen (secondary N) is 2. The van der Waals surface area contributed by atoms with Crippen LogP contribution >= 0.6 is 0 Å². The van der Waals surface area contributed by atoms with Crippen LogP contribution in [0.4, 0.5) is 4.79 Å². The largest absolute Gasteiger partial charge is 0.354 e.